The Kier molecular flexibility index (Phi) is 6.01. The van der Waals surface area contributed by atoms with Gasteiger partial charge in [-0.15, -0.1) is 0 Å². The summed E-state index contributed by atoms with van der Waals surface area (Å²) in [5.41, 5.74) is -0.656. The minimum absolute atomic E-state index is 0.0609. The van der Waals surface area contributed by atoms with Gasteiger partial charge in [0.15, 0.2) is 0 Å². The van der Waals surface area contributed by atoms with E-state index in [0.717, 1.165) is 0 Å². The lowest BCUT2D eigenvalue weighted by Gasteiger charge is -2.30. The van der Waals surface area contributed by atoms with Crippen LogP contribution in [0.1, 0.15) is 11.7 Å². The highest BCUT2D eigenvalue weighted by molar-refractivity contribution is 6.31. The highest BCUT2D eigenvalue weighted by Gasteiger charge is 2.28. The van der Waals surface area contributed by atoms with E-state index in [2.05, 4.69) is 5.32 Å². The van der Waals surface area contributed by atoms with E-state index in [1.807, 2.05) is 0 Å². The minimum atomic E-state index is -1.21. The van der Waals surface area contributed by atoms with E-state index in [4.69, 9.17) is 26.9 Å². The molecule has 5 N–H and O–H groups in total. The summed E-state index contributed by atoms with van der Waals surface area (Å²) in [7, 11) is 0. The molecule has 1 rings (SSSR count). The van der Waals surface area contributed by atoms with Gasteiger partial charge in [-0.2, -0.15) is 0 Å². The van der Waals surface area contributed by atoms with Crippen LogP contribution < -0.4 is 5.32 Å². The van der Waals surface area contributed by atoms with Crippen molar-refractivity contribution < 1.29 is 20.4 Å². The van der Waals surface area contributed by atoms with Crippen LogP contribution in [0.3, 0.4) is 0 Å². The highest BCUT2D eigenvalue weighted by atomic mass is 35.5. The maximum absolute atomic E-state index is 9.96. The molecule has 0 fully saturated rings. The summed E-state index contributed by atoms with van der Waals surface area (Å²) in [5, 5.41) is 40.5. The van der Waals surface area contributed by atoms with Crippen molar-refractivity contribution >= 4 is 11.6 Å². The Labute approximate surface area is 111 Å². The molecule has 5 nitrogen and oxygen atoms in total. The summed E-state index contributed by atoms with van der Waals surface area (Å²) < 4.78 is 0. The largest absolute Gasteiger partial charge is 0.394 e. The fourth-order valence-electron chi connectivity index (χ4n) is 1.49. The Morgan fingerprint density at radius 1 is 1.11 bits per heavy atom. The van der Waals surface area contributed by atoms with Gasteiger partial charge in [-0.25, -0.2) is 0 Å². The van der Waals surface area contributed by atoms with Crippen molar-refractivity contribution in [2.24, 2.45) is 0 Å². The van der Waals surface area contributed by atoms with E-state index in [9.17, 15) is 5.11 Å². The quantitative estimate of drug-likeness (QED) is 0.470. The zero-order valence-electron chi connectivity index (χ0n) is 9.88. The fourth-order valence-corrected chi connectivity index (χ4v) is 1.75. The first-order chi connectivity index (χ1) is 8.58. The molecule has 1 aromatic rings. The van der Waals surface area contributed by atoms with Crippen molar-refractivity contribution in [2.75, 3.05) is 26.4 Å². The Morgan fingerprint density at radius 2 is 1.67 bits per heavy atom. The maximum Gasteiger partial charge on any atom is 0.0928 e. The van der Waals surface area contributed by atoms with Gasteiger partial charge in [0, 0.05) is 17.1 Å². The Bertz CT molecular complexity index is 363. The molecule has 0 aliphatic rings. The monoisotopic (exact) mass is 275 g/mol. The van der Waals surface area contributed by atoms with E-state index in [0.29, 0.717) is 10.6 Å². The maximum atomic E-state index is 9.96. The molecular formula is C12H18ClNO4. The van der Waals surface area contributed by atoms with Crippen LogP contribution >= 0.6 is 11.6 Å². The third kappa shape index (κ3) is 3.65. The van der Waals surface area contributed by atoms with Gasteiger partial charge in [0.1, 0.15) is 0 Å². The molecule has 1 atom stereocenters. The summed E-state index contributed by atoms with van der Waals surface area (Å²) in [6, 6.07) is 6.86. The average molecular weight is 276 g/mol. The third-order valence-electron chi connectivity index (χ3n) is 2.84. The number of halogens is 1. The van der Waals surface area contributed by atoms with Crippen LogP contribution in [-0.4, -0.2) is 52.3 Å². The molecule has 0 saturated carbocycles. The van der Waals surface area contributed by atoms with E-state index in [1.165, 1.54) is 0 Å². The number of nitrogens with one attached hydrogen (secondary N) is 1. The van der Waals surface area contributed by atoms with Crippen LogP contribution in [0.4, 0.5) is 0 Å². The molecule has 0 saturated heterocycles. The summed E-state index contributed by atoms with van der Waals surface area (Å²) in [4.78, 5) is 0. The Morgan fingerprint density at radius 3 is 2.17 bits per heavy atom. The van der Waals surface area contributed by atoms with Gasteiger partial charge in [-0.1, -0.05) is 29.8 Å². The lowest BCUT2D eigenvalue weighted by molar-refractivity contribution is 0.0322. The van der Waals surface area contributed by atoms with Crippen molar-refractivity contribution in [3.63, 3.8) is 0 Å². The number of aliphatic hydroxyl groups excluding tert-OH is 4. The van der Waals surface area contributed by atoms with Crippen LogP contribution in [0.25, 0.3) is 0 Å². The smallest absolute Gasteiger partial charge is 0.0928 e. The molecular weight excluding hydrogens is 258 g/mol. The summed E-state index contributed by atoms with van der Waals surface area (Å²) in [6.07, 6.45) is -0.886. The van der Waals surface area contributed by atoms with Crippen molar-refractivity contribution in [2.45, 2.75) is 11.6 Å². The van der Waals surface area contributed by atoms with Crippen LogP contribution in [0.2, 0.25) is 5.02 Å². The molecule has 102 valence electrons. The SMILES string of the molecule is OCC(CO)(CO)NCC(O)c1ccccc1Cl. The summed E-state index contributed by atoms with van der Waals surface area (Å²) >= 11 is 5.93. The molecule has 6 heteroatoms. The van der Waals surface area contributed by atoms with Gasteiger partial charge in [0.25, 0.3) is 0 Å². The first-order valence-corrected chi connectivity index (χ1v) is 5.96. The van der Waals surface area contributed by atoms with Crippen LogP contribution in [0.5, 0.6) is 0 Å². The van der Waals surface area contributed by atoms with Gasteiger partial charge >= 0.3 is 0 Å². The van der Waals surface area contributed by atoms with Crippen molar-refractivity contribution in [3.8, 4) is 0 Å². The molecule has 0 aliphatic carbocycles. The second-order valence-corrected chi connectivity index (χ2v) is 4.58. The zero-order valence-corrected chi connectivity index (χ0v) is 10.6. The van der Waals surface area contributed by atoms with Crippen molar-refractivity contribution in [3.05, 3.63) is 34.9 Å². The molecule has 0 aliphatic heterocycles. The first-order valence-electron chi connectivity index (χ1n) is 5.58. The number of rotatable bonds is 7. The molecule has 0 heterocycles. The molecule has 1 aromatic carbocycles. The van der Waals surface area contributed by atoms with Crippen LogP contribution in [0, 0.1) is 0 Å². The van der Waals surface area contributed by atoms with Gasteiger partial charge in [0.05, 0.1) is 31.5 Å². The normalized spacial score (nSPS) is 13.6. The first kappa shape index (κ1) is 15.4. The standard InChI is InChI=1S/C12H18ClNO4/c13-10-4-2-1-3-9(10)11(18)5-14-12(6-15,7-16)8-17/h1-4,11,14-18H,5-8H2. The van der Waals surface area contributed by atoms with Crippen molar-refractivity contribution in [1.29, 1.82) is 0 Å². The van der Waals surface area contributed by atoms with Gasteiger partial charge in [-0.05, 0) is 6.07 Å². The Balaban J connectivity index is 2.66. The fraction of sp³-hybridized carbons (Fsp3) is 0.500. The lowest BCUT2D eigenvalue weighted by atomic mass is 10.0. The summed E-state index contributed by atoms with van der Waals surface area (Å²) in [6.45, 7) is -1.24. The van der Waals surface area contributed by atoms with Gasteiger partial charge in [0.2, 0.25) is 0 Å². The minimum Gasteiger partial charge on any atom is -0.394 e. The zero-order chi connectivity index (χ0) is 13.6. The predicted molar refractivity (Wildman–Crippen MR) is 68.4 cm³/mol. The molecule has 0 bridgehead atoms. The molecule has 0 spiro atoms. The topological polar surface area (TPSA) is 93.0 Å². The van der Waals surface area contributed by atoms with Gasteiger partial charge < -0.3 is 25.7 Å². The molecule has 0 radical (unpaired) electrons. The van der Waals surface area contributed by atoms with Crippen molar-refractivity contribution in [1.82, 2.24) is 5.32 Å². The second kappa shape index (κ2) is 7.04. The predicted octanol–water partition coefficient (Wildman–Crippen LogP) is -0.321. The lowest BCUT2D eigenvalue weighted by Crippen LogP contribution is -2.55. The summed E-state index contributed by atoms with van der Waals surface area (Å²) in [5.74, 6) is 0. The van der Waals surface area contributed by atoms with Crippen LogP contribution in [0.15, 0.2) is 24.3 Å². The Hall–Kier alpha value is -0.690. The number of benzene rings is 1. The average Bonchev–Trinajstić information content (AvgIpc) is 2.41. The molecule has 18 heavy (non-hydrogen) atoms. The van der Waals surface area contributed by atoms with Gasteiger partial charge in [-0.3, -0.25) is 0 Å². The number of aliphatic hydroxyl groups is 4. The number of hydrogen-bond donors (Lipinski definition) is 5. The third-order valence-corrected chi connectivity index (χ3v) is 3.19. The molecule has 1 unspecified atom stereocenters. The van der Waals surface area contributed by atoms with Crippen LogP contribution in [-0.2, 0) is 0 Å². The number of β-amino-alcohol motifs (C(OH)–C–C–N with tert-alkyl or cyclic N) is 1. The molecule has 0 aromatic heterocycles. The van der Waals surface area contributed by atoms with E-state index >= 15 is 0 Å². The van der Waals surface area contributed by atoms with E-state index in [-0.39, 0.29) is 6.54 Å². The molecule has 0 amide bonds. The number of hydrogen-bond acceptors (Lipinski definition) is 5. The van der Waals surface area contributed by atoms with E-state index in [1.54, 1.807) is 24.3 Å². The highest BCUT2D eigenvalue weighted by Crippen LogP contribution is 2.22. The second-order valence-electron chi connectivity index (χ2n) is 4.17. The van der Waals surface area contributed by atoms with E-state index < -0.39 is 31.5 Å².